The average molecular weight is 364 g/mol. The summed E-state index contributed by atoms with van der Waals surface area (Å²) >= 11 is 0. The molecule has 4 rings (SSSR count). The molecule has 136 valence electrons. The van der Waals surface area contributed by atoms with Crippen LogP contribution in [-0.4, -0.2) is 38.3 Å². The third-order valence-electron chi connectivity index (χ3n) is 4.56. The third kappa shape index (κ3) is 2.73. The second-order valence-electron chi connectivity index (χ2n) is 6.49. The largest absolute Gasteiger partial charge is 0.443 e. The maximum absolute atomic E-state index is 13.4. The van der Waals surface area contributed by atoms with Gasteiger partial charge in [0.1, 0.15) is 11.3 Å². The van der Waals surface area contributed by atoms with Gasteiger partial charge in [0.05, 0.1) is 23.5 Å². The van der Waals surface area contributed by atoms with Crippen LogP contribution in [0.25, 0.3) is 17.0 Å². The van der Waals surface area contributed by atoms with Crippen molar-refractivity contribution in [3.8, 4) is 11.3 Å². The molecule has 26 heavy (non-hydrogen) atoms. The van der Waals surface area contributed by atoms with Crippen molar-refractivity contribution in [2.45, 2.75) is 19.5 Å². The molecule has 1 unspecified atom stereocenters. The van der Waals surface area contributed by atoms with Crippen molar-refractivity contribution in [2.75, 3.05) is 13.1 Å². The smallest absolute Gasteiger partial charge is 0.417 e. The molecule has 0 bridgehead atoms. The van der Waals surface area contributed by atoms with E-state index in [0.29, 0.717) is 19.0 Å². The Hall–Kier alpha value is -2.84. The number of rotatable bonds is 2. The van der Waals surface area contributed by atoms with E-state index in [1.807, 2.05) is 6.92 Å². The summed E-state index contributed by atoms with van der Waals surface area (Å²) in [6.45, 7) is 3.20. The Balaban J connectivity index is 1.88. The first-order valence-electron chi connectivity index (χ1n) is 8.11. The number of imidazole rings is 1. The molecule has 1 saturated heterocycles. The molecule has 3 aromatic rings. The lowest BCUT2D eigenvalue weighted by atomic mass is 10.1. The van der Waals surface area contributed by atoms with E-state index in [1.54, 1.807) is 4.90 Å². The number of pyridine rings is 1. The van der Waals surface area contributed by atoms with Crippen LogP contribution in [0.4, 0.5) is 13.2 Å². The van der Waals surface area contributed by atoms with Gasteiger partial charge in [0.2, 0.25) is 0 Å². The Labute approximate surface area is 146 Å². The molecule has 0 aliphatic carbocycles. The van der Waals surface area contributed by atoms with Gasteiger partial charge in [0.15, 0.2) is 12.2 Å². The van der Waals surface area contributed by atoms with E-state index in [9.17, 15) is 18.0 Å². The number of hydrogen-bond donors (Lipinski definition) is 0. The van der Waals surface area contributed by atoms with E-state index in [1.165, 1.54) is 16.8 Å². The molecule has 1 aliphatic heterocycles. The quantitative estimate of drug-likeness (QED) is 0.698. The summed E-state index contributed by atoms with van der Waals surface area (Å²) in [4.78, 5) is 22.3. The number of likely N-dealkylation sites (tertiary alicyclic amines) is 1. The van der Waals surface area contributed by atoms with Crippen molar-refractivity contribution in [1.29, 1.82) is 0 Å². The number of oxazole rings is 1. The van der Waals surface area contributed by atoms with Crippen LogP contribution in [0.1, 0.15) is 29.4 Å². The van der Waals surface area contributed by atoms with Crippen LogP contribution >= 0.6 is 0 Å². The number of carbonyl (C=O) groups is 1. The fourth-order valence-corrected chi connectivity index (χ4v) is 3.21. The van der Waals surface area contributed by atoms with Crippen LogP contribution in [0.2, 0.25) is 0 Å². The number of halogens is 3. The number of alkyl halides is 3. The molecule has 0 spiro atoms. The zero-order valence-electron chi connectivity index (χ0n) is 13.8. The number of nitrogens with zero attached hydrogens (tertiary/aromatic N) is 4. The highest BCUT2D eigenvalue weighted by Gasteiger charge is 2.34. The monoisotopic (exact) mass is 364 g/mol. The van der Waals surface area contributed by atoms with Gasteiger partial charge in [-0.25, -0.2) is 9.97 Å². The normalized spacial score (nSPS) is 18.0. The van der Waals surface area contributed by atoms with Crippen LogP contribution < -0.4 is 0 Å². The molecular weight excluding hydrogens is 349 g/mol. The predicted molar refractivity (Wildman–Crippen MR) is 85.4 cm³/mol. The van der Waals surface area contributed by atoms with Gasteiger partial charge < -0.3 is 9.32 Å². The lowest BCUT2D eigenvalue weighted by molar-refractivity contribution is -0.137. The van der Waals surface area contributed by atoms with Crippen LogP contribution in [-0.2, 0) is 6.18 Å². The first kappa shape index (κ1) is 16.6. The molecule has 1 amide bonds. The van der Waals surface area contributed by atoms with E-state index < -0.39 is 11.7 Å². The molecule has 1 atom stereocenters. The van der Waals surface area contributed by atoms with Crippen molar-refractivity contribution in [1.82, 2.24) is 19.3 Å². The van der Waals surface area contributed by atoms with Gasteiger partial charge in [0.25, 0.3) is 5.91 Å². The summed E-state index contributed by atoms with van der Waals surface area (Å²) in [6, 6.07) is 0.953. The summed E-state index contributed by atoms with van der Waals surface area (Å²) in [6.07, 6.45) is 0.950. The molecule has 0 saturated carbocycles. The Morgan fingerprint density at radius 1 is 1.35 bits per heavy atom. The maximum Gasteiger partial charge on any atom is 0.417 e. The number of hydrogen-bond acceptors (Lipinski definition) is 4. The van der Waals surface area contributed by atoms with Crippen LogP contribution in [0.5, 0.6) is 0 Å². The molecule has 9 heteroatoms. The van der Waals surface area contributed by atoms with Gasteiger partial charge in [-0.3, -0.25) is 9.20 Å². The fraction of sp³-hybridized carbons (Fsp3) is 0.353. The maximum atomic E-state index is 13.4. The van der Waals surface area contributed by atoms with Gasteiger partial charge in [-0.15, -0.1) is 0 Å². The van der Waals surface area contributed by atoms with Gasteiger partial charge in [-0.1, -0.05) is 6.92 Å². The van der Waals surface area contributed by atoms with E-state index in [4.69, 9.17) is 4.42 Å². The SMILES string of the molecule is CC1CCN(C(=O)c2cnc3c(-c4cnco4)cc(C(F)(F)F)cn23)C1. The van der Waals surface area contributed by atoms with E-state index in [0.717, 1.165) is 25.1 Å². The summed E-state index contributed by atoms with van der Waals surface area (Å²) < 4.78 is 46.4. The van der Waals surface area contributed by atoms with Crippen molar-refractivity contribution < 1.29 is 22.4 Å². The molecule has 0 radical (unpaired) electrons. The second-order valence-corrected chi connectivity index (χ2v) is 6.49. The predicted octanol–water partition coefficient (Wildman–Crippen LogP) is 3.49. The van der Waals surface area contributed by atoms with Crippen LogP contribution in [0.15, 0.2) is 35.5 Å². The van der Waals surface area contributed by atoms with E-state index in [2.05, 4.69) is 9.97 Å². The molecule has 1 aliphatic rings. The highest BCUT2D eigenvalue weighted by molar-refractivity contribution is 5.94. The van der Waals surface area contributed by atoms with E-state index >= 15 is 0 Å². The minimum Gasteiger partial charge on any atom is -0.443 e. The number of fused-ring (bicyclic) bond motifs is 1. The molecule has 0 N–H and O–H groups in total. The minimum absolute atomic E-state index is 0.0981. The molecule has 1 fully saturated rings. The standard InChI is InChI=1S/C17H15F3N4O2/c1-10-2-3-23(7-10)16(25)13-5-22-15-12(14-6-21-9-26-14)4-11(8-24(13)15)17(18,19)20/h4-6,8-10H,2-3,7H2,1H3. The fourth-order valence-electron chi connectivity index (χ4n) is 3.21. The Kier molecular flexibility index (Phi) is 3.74. The van der Waals surface area contributed by atoms with Gasteiger partial charge in [-0.05, 0) is 18.4 Å². The summed E-state index contributed by atoms with van der Waals surface area (Å²) in [5.41, 5.74) is -0.448. The molecule has 0 aromatic carbocycles. The van der Waals surface area contributed by atoms with Gasteiger partial charge >= 0.3 is 6.18 Å². The van der Waals surface area contributed by atoms with Crippen molar-refractivity contribution in [3.05, 3.63) is 42.3 Å². The lowest BCUT2D eigenvalue weighted by Gasteiger charge is -2.16. The topological polar surface area (TPSA) is 63.6 Å². The summed E-state index contributed by atoms with van der Waals surface area (Å²) in [7, 11) is 0. The minimum atomic E-state index is -4.57. The highest BCUT2D eigenvalue weighted by Crippen LogP contribution is 2.34. The molecule has 6 nitrogen and oxygen atoms in total. The molecule has 4 heterocycles. The first-order valence-corrected chi connectivity index (χ1v) is 8.11. The van der Waals surface area contributed by atoms with Crippen LogP contribution in [0, 0.1) is 5.92 Å². The number of carbonyl (C=O) groups excluding carboxylic acids is 1. The molecule has 3 aromatic heterocycles. The number of aromatic nitrogens is 3. The van der Waals surface area contributed by atoms with Gasteiger partial charge in [-0.2, -0.15) is 13.2 Å². The lowest BCUT2D eigenvalue weighted by Crippen LogP contribution is -2.29. The zero-order valence-corrected chi connectivity index (χ0v) is 13.8. The zero-order chi connectivity index (χ0) is 18.5. The second kappa shape index (κ2) is 5.86. The van der Waals surface area contributed by atoms with Crippen molar-refractivity contribution in [3.63, 3.8) is 0 Å². The Bertz CT molecular complexity index is 962. The Morgan fingerprint density at radius 2 is 2.15 bits per heavy atom. The van der Waals surface area contributed by atoms with Crippen molar-refractivity contribution in [2.24, 2.45) is 5.92 Å². The third-order valence-corrected chi connectivity index (χ3v) is 4.56. The highest BCUT2D eigenvalue weighted by atomic mass is 19.4. The number of amides is 1. The summed E-state index contributed by atoms with van der Waals surface area (Å²) in [5, 5.41) is 0. The van der Waals surface area contributed by atoms with E-state index in [-0.39, 0.29) is 28.6 Å². The first-order chi connectivity index (χ1) is 12.3. The van der Waals surface area contributed by atoms with Crippen LogP contribution in [0.3, 0.4) is 0 Å². The summed E-state index contributed by atoms with van der Waals surface area (Å²) in [5.74, 6) is 0.193. The van der Waals surface area contributed by atoms with Crippen molar-refractivity contribution >= 4 is 11.6 Å². The average Bonchev–Trinajstić information content (AvgIpc) is 3.32. The Morgan fingerprint density at radius 3 is 2.77 bits per heavy atom. The van der Waals surface area contributed by atoms with Gasteiger partial charge in [0, 0.05) is 19.3 Å². The molecular formula is C17H15F3N4O2.